The number of alkyl halides is 12. The van der Waals surface area contributed by atoms with Crippen LogP contribution in [0.3, 0.4) is 0 Å². The Hall–Kier alpha value is -0.840. The first-order valence-electron chi connectivity index (χ1n) is 7.71. The molecule has 1 atom stereocenters. The Labute approximate surface area is 141 Å². The van der Waals surface area contributed by atoms with Crippen molar-refractivity contribution in [2.75, 3.05) is 0 Å². The van der Waals surface area contributed by atoms with Crippen LogP contribution in [-0.4, -0.2) is 24.7 Å². The summed E-state index contributed by atoms with van der Waals surface area (Å²) in [7, 11) is 0. The van der Waals surface area contributed by atoms with Gasteiger partial charge in [-0.05, 0) is 6.42 Å². The average molecular weight is 414 g/mol. The minimum Gasteiger partial charge on any atom is -0.171 e. The van der Waals surface area contributed by atoms with Crippen molar-refractivity contribution in [3.8, 4) is 0 Å². The van der Waals surface area contributed by atoms with Crippen LogP contribution >= 0.6 is 0 Å². The van der Waals surface area contributed by atoms with E-state index in [1.807, 2.05) is 0 Å². The summed E-state index contributed by atoms with van der Waals surface area (Å²) in [5.41, 5.74) is -6.87. The lowest BCUT2D eigenvalue weighted by molar-refractivity contribution is -0.464. The lowest BCUT2D eigenvalue weighted by Gasteiger charge is -2.44. The van der Waals surface area contributed by atoms with E-state index in [1.54, 1.807) is 6.92 Å². The molecule has 0 fully saturated rings. The van der Waals surface area contributed by atoms with Crippen LogP contribution in [0.5, 0.6) is 0 Å². The Kier molecular flexibility index (Phi) is 8.18. The third-order valence-electron chi connectivity index (χ3n) is 4.11. The molecule has 0 amide bonds. The van der Waals surface area contributed by atoms with Gasteiger partial charge in [0.2, 0.25) is 0 Å². The number of unbranched alkanes of at least 4 members (excludes halogenated alkanes) is 5. The van der Waals surface area contributed by atoms with Crippen molar-refractivity contribution >= 4 is 0 Å². The highest BCUT2D eigenvalue weighted by molar-refractivity contribution is 5.05. The molecule has 0 aliphatic carbocycles. The van der Waals surface area contributed by atoms with Gasteiger partial charge in [-0.3, -0.25) is 0 Å². The molecule has 0 heterocycles. The lowest BCUT2D eigenvalue weighted by Crippen LogP contribution is -2.66. The summed E-state index contributed by atoms with van der Waals surface area (Å²) >= 11 is 0. The van der Waals surface area contributed by atoms with E-state index < -0.39 is 48.9 Å². The van der Waals surface area contributed by atoms with Crippen molar-refractivity contribution in [2.45, 2.75) is 76.6 Å². The van der Waals surface area contributed by atoms with Crippen LogP contribution in [0.15, 0.2) is 0 Å². The van der Waals surface area contributed by atoms with Gasteiger partial charge in [-0.25, -0.2) is 0 Å². The molecule has 0 aromatic carbocycles. The second kappa shape index (κ2) is 8.45. The monoisotopic (exact) mass is 414 g/mol. The standard InChI is InChI=1S/C14H18F12/c1-2-3-4-5-6-7-8-9(11(15,16)17)10(12(18,19)20,13(21,22)23)14(24,25)26/h9H,2-8H2,1H3. The number of hydrogen-bond acceptors (Lipinski definition) is 0. The molecular formula is C14H18F12. The molecule has 158 valence electrons. The first-order chi connectivity index (χ1) is 11.4. The minimum atomic E-state index is -7.22. The van der Waals surface area contributed by atoms with Crippen LogP contribution in [0.2, 0.25) is 0 Å². The van der Waals surface area contributed by atoms with Crippen molar-refractivity contribution in [3.05, 3.63) is 0 Å². The van der Waals surface area contributed by atoms with Crippen LogP contribution in [0, 0.1) is 11.3 Å². The van der Waals surface area contributed by atoms with Gasteiger partial charge in [-0.15, -0.1) is 0 Å². The van der Waals surface area contributed by atoms with Crippen LogP contribution < -0.4 is 0 Å². The molecule has 0 nitrogen and oxygen atoms in total. The van der Waals surface area contributed by atoms with E-state index in [1.165, 1.54) is 0 Å². The molecule has 0 bridgehead atoms. The summed E-state index contributed by atoms with van der Waals surface area (Å²) in [5, 5.41) is 0. The highest BCUT2D eigenvalue weighted by Crippen LogP contribution is 2.66. The van der Waals surface area contributed by atoms with Gasteiger partial charge in [-0.1, -0.05) is 45.4 Å². The fourth-order valence-corrected chi connectivity index (χ4v) is 2.83. The van der Waals surface area contributed by atoms with Gasteiger partial charge in [0.25, 0.3) is 5.41 Å². The average Bonchev–Trinajstić information content (AvgIpc) is 2.35. The van der Waals surface area contributed by atoms with E-state index in [2.05, 4.69) is 0 Å². The largest absolute Gasteiger partial charge is 0.412 e. The van der Waals surface area contributed by atoms with Gasteiger partial charge in [0.1, 0.15) is 0 Å². The van der Waals surface area contributed by atoms with Gasteiger partial charge in [0.05, 0.1) is 5.92 Å². The topological polar surface area (TPSA) is 0 Å². The maximum Gasteiger partial charge on any atom is 0.412 e. The van der Waals surface area contributed by atoms with E-state index in [0.717, 1.165) is 0 Å². The molecule has 12 heteroatoms. The third kappa shape index (κ3) is 5.34. The Balaban J connectivity index is 5.94. The molecule has 0 aliphatic rings. The van der Waals surface area contributed by atoms with E-state index in [9.17, 15) is 52.7 Å². The second-order valence-electron chi connectivity index (χ2n) is 5.95. The lowest BCUT2D eigenvalue weighted by atomic mass is 9.70. The Morgan fingerprint density at radius 1 is 0.538 bits per heavy atom. The van der Waals surface area contributed by atoms with Crippen molar-refractivity contribution in [2.24, 2.45) is 11.3 Å². The summed E-state index contributed by atoms with van der Waals surface area (Å²) in [6.07, 6.45) is -28.9. The predicted molar refractivity (Wildman–Crippen MR) is 68.1 cm³/mol. The molecule has 0 spiro atoms. The SMILES string of the molecule is CCCCCCCCC(C(F)(F)F)C(C(F)(F)F)(C(F)(F)F)C(F)(F)F. The molecule has 0 saturated carbocycles. The van der Waals surface area contributed by atoms with Crippen LogP contribution in [-0.2, 0) is 0 Å². The molecule has 1 unspecified atom stereocenters. The molecule has 0 saturated heterocycles. The quantitative estimate of drug-likeness (QED) is 0.284. The van der Waals surface area contributed by atoms with Gasteiger partial charge < -0.3 is 0 Å². The zero-order valence-electron chi connectivity index (χ0n) is 13.6. The van der Waals surface area contributed by atoms with Gasteiger partial charge in [0, 0.05) is 0 Å². The zero-order chi connectivity index (χ0) is 21.0. The second-order valence-corrected chi connectivity index (χ2v) is 5.95. The van der Waals surface area contributed by atoms with Crippen molar-refractivity contribution < 1.29 is 52.7 Å². The first-order valence-corrected chi connectivity index (χ1v) is 7.71. The summed E-state index contributed by atoms with van der Waals surface area (Å²) in [6.45, 7) is 1.78. The summed E-state index contributed by atoms with van der Waals surface area (Å²) in [4.78, 5) is 0. The van der Waals surface area contributed by atoms with E-state index >= 15 is 0 Å². The number of hydrogen-bond donors (Lipinski definition) is 0. The predicted octanol–water partition coefficient (Wildman–Crippen LogP) is 7.59. The molecule has 0 rings (SSSR count). The molecule has 0 aliphatic heterocycles. The molecule has 0 aromatic heterocycles. The smallest absolute Gasteiger partial charge is 0.171 e. The van der Waals surface area contributed by atoms with Crippen molar-refractivity contribution in [1.82, 2.24) is 0 Å². The molecule has 0 aromatic rings. The molecule has 0 radical (unpaired) electrons. The summed E-state index contributed by atoms with van der Waals surface area (Å²) in [5.74, 6) is -4.67. The molecule has 0 N–H and O–H groups in total. The molecule has 26 heavy (non-hydrogen) atoms. The summed E-state index contributed by atoms with van der Waals surface area (Å²) in [6, 6.07) is 0. The van der Waals surface area contributed by atoms with Gasteiger partial charge in [-0.2, -0.15) is 52.7 Å². The Morgan fingerprint density at radius 2 is 0.885 bits per heavy atom. The maximum absolute atomic E-state index is 12.9. The molecular weight excluding hydrogens is 396 g/mol. The Morgan fingerprint density at radius 3 is 1.19 bits per heavy atom. The van der Waals surface area contributed by atoms with Crippen LogP contribution in [0.1, 0.15) is 51.9 Å². The first kappa shape index (κ1) is 25.2. The number of halogens is 12. The van der Waals surface area contributed by atoms with Gasteiger partial charge in [0.15, 0.2) is 0 Å². The third-order valence-corrected chi connectivity index (χ3v) is 4.11. The Bertz CT molecular complexity index is 376. The van der Waals surface area contributed by atoms with Gasteiger partial charge >= 0.3 is 24.7 Å². The van der Waals surface area contributed by atoms with Crippen molar-refractivity contribution in [3.63, 3.8) is 0 Å². The fraction of sp³-hybridized carbons (Fsp3) is 1.00. The van der Waals surface area contributed by atoms with E-state index in [-0.39, 0.29) is 12.8 Å². The van der Waals surface area contributed by atoms with E-state index in [4.69, 9.17) is 0 Å². The highest BCUT2D eigenvalue weighted by atomic mass is 19.4. The normalized spacial score (nSPS) is 16.0. The fourth-order valence-electron chi connectivity index (χ4n) is 2.83. The minimum absolute atomic E-state index is 0.198. The highest BCUT2D eigenvalue weighted by Gasteiger charge is 2.89. The van der Waals surface area contributed by atoms with Crippen LogP contribution in [0.25, 0.3) is 0 Å². The maximum atomic E-state index is 12.9. The van der Waals surface area contributed by atoms with Crippen molar-refractivity contribution in [1.29, 1.82) is 0 Å². The van der Waals surface area contributed by atoms with E-state index in [0.29, 0.717) is 19.3 Å². The summed E-state index contributed by atoms with van der Waals surface area (Å²) < 4.78 is 155. The zero-order valence-corrected chi connectivity index (χ0v) is 13.6. The number of rotatable bonds is 8. The van der Waals surface area contributed by atoms with Crippen LogP contribution in [0.4, 0.5) is 52.7 Å².